The first-order valence-electron chi connectivity index (χ1n) is 10.7. The number of rotatable bonds is 7. The monoisotopic (exact) mass is 443 g/mol. The molecule has 1 aliphatic rings. The number of halogens is 1. The van der Waals surface area contributed by atoms with Crippen LogP contribution >= 0.6 is 11.6 Å². The fourth-order valence-electron chi connectivity index (χ4n) is 3.46. The molecule has 0 aliphatic carbocycles. The van der Waals surface area contributed by atoms with Crippen molar-refractivity contribution in [3.05, 3.63) is 58.6 Å². The largest absolute Gasteiger partial charge is 0.494 e. The number of urea groups is 1. The fraction of sp³-hybridized carbons (Fsp3) is 0.417. The van der Waals surface area contributed by atoms with Crippen molar-refractivity contribution in [2.45, 2.75) is 33.1 Å². The molecule has 0 radical (unpaired) electrons. The Morgan fingerprint density at radius 2 is 1.74 bits per heavy atom. The standard InChI is InChI=1S/C24H30ClN3O3/c1-18-6-5-7-21(16-18)31-15-4-3-8-23(29)27-11-13-28(14-12-27)24(30)26-20-10-9-19(2)22(25)17-20/h5-7,9-10,16-17H,3-4,8,11-15H2,1-2H3,(H,26,30). The lowest BCUT2D eigenvalue weighted by Gasteiger charge is -2.34. The van der Waals surface area contributed by atoms with E-state index in [1.54, 1.807) is 11.0 Å². The highest BCUT2D eigenvalue weighted by atomic mass is 35.5. The van der Waals surface area contributed by atoms with Gasteiger partial charge in [0.05, 0.1) is 6.61 Å². The molecular formula is C24H30ClN3O3. The lowest BCUT2D eigenvalue weighted by Crippen LogP contribution is -2.51. The molecule has 31 heavy (non-hydrogen) atoms. The van der Waals surface area contributed by atoms with Crippen LogP contribution in [0.2, 0.25) is 5.02 Å². The van der Waals surface area contributed by atoms with Crippen LogP contribution in [0.15, 0.2) is 42.5 Å². The summed E-state index contributed by atoms with van der Waals surface area (Å²) in [5.41, 5.74) is 2.81. The molecule has 1 fully saturated rings. The van der Waals surface area contributed by atoms with Crippen LogP contribution in [0, 0.1) is 13.8 Å². The second kappa shape index (κ2) is 11.0. The average molecular weight is 444 g/mol. The summed E-state index contributed by atoms with van der Waals surface area (Å²) in [6.45, 7) is 6.71. The molecule has 3 amide bonds. The number of unbranched alkanes of at least 4 members (excludes halogenated alkanes) is 1. The molecule has 1 saturated heterocycles. The average Bonchev–Trinajstić information content (AvgIpc) is 2.76. The van der Waals surface area contributed by atoms with E-state index in [9.17, 15) is 9.59 Å². The molecule has 0 aromatic heterocycles. The number of hydrogen-bond acceptors (Lipinski definition) is 3. The normalized spacial score (nSPS) is 13.8. The summed E-state index contributed by atoms with van der Waals surface area (Å²) >= 11 is 6.12. The Morgan fingerprint density at radius 1 is 1.00 bits per heavy atom. The van der Waals surface area contributed by atoms with Gasteiger partial charge in [-0.05, 0) is 62.1 Å². The minimum atomic E-state index is -0.166. The maximum atomic E-state index is 12.5. The smallest absolute Gasteiger partial charge is 0.321 e. The van der Waals surface area contributed by atoms with E-state index >= 15 is 0 Å². The van der Waals surface area contributed by atoms with Crippen molar-refractivity contribution < 1.29 is 14.3 Å². The van der Waals surface area contributed by atoms with Crippen LogP contribution in [0.25, 0.3) is 0 Å². The van der Waals surface area contributed by atoms with Gasteiger partial charge in [0.25, 0.3) is 0 Å². The molecular weight excluding hydrogens is 414 g/mol. The van der Waals surface area contributed by atoms with Gasteiger partial charge in [-0.2, -0.15) is 0 Å². The van der Waals surface area contributed by atoms with Crippen LogP contribution in [0.1, 0.15) is 30.4 Å². The van der Waals surface area contributed by atoms with E-state index in [1.165, 1.54) is 5.56 Å². The minimum Gasteiger partial charge on any atom is -0.494 e. The Morgan fingerprint density at radius 3 is 2.45 bits per heavy atom. The van der Waals surface area contributed by atoms with Crippen molar-refractivity contribution in [3.63, 3.8) is 0 Å². The molecule has 3 rings (SSSR count). The van der Waals surface area contributed by atoms with Crippen molar-refractivity contribution in [2.75, 3.05) is 38.1 Å². The topological polar surface area (TPSA) is 61.9 Å². The number of hydrogen-bond donors (Lipinski definition) is 1. The van der Waals surface area contributed by atoms with Crippen LogP contribution in [-0.4, -0.2) is 54.5 Å². The summed E-state index contributed by atoms with van der Waals surface area (Å²) in [7, 11) is 0. The third-order valence-corrected chi connectivity index (χ3v) is 5.79. The van der Waals surface area contributed by atoms with Gasteiger partial charge in [0.15, 0.2) is 0 Å². The summed E-state index contributed by atoms with van der Waals surface area (Å²) in [6, 6.07) is 13.3. The quantitative estimate of drug-likeness (QED) is 0.620. The Labute approximate surface area is 189 Å². The van der Waals surface area contributed by atoms with Gasteiger partial charge in [-0.15, -0.1) is 0 Å². The highest BCUT2D eigenvalue weighted by Crippen LogP contribution is 2.20. The molecule has 1 N–H and O–H groups in total. The van der Waals surface area contributed by atoms with Crippen molar-refractivity contribution in [2.24, 2.45) is 0 Å². The summed E-state index contributed by atoms with van der Waals surface area (Å²) in [6.07, 6.45) is 2.13. The van der Waals surface area contributed by atoms with Gasteiger partial charge >= 0.3 is 6.03 Å². The number of amides is 3. The van der Waals surface area contributed by atoms with Gasteiger partial charge in [-0.1, -0.05) is 29.8 Å². The fourth-order valence-corrected chi connectivity index (χ4v) is 3.64. The zero-order valence-electron chi connectivity index (χ0n) is 18.2. The van der Waals surface area contributed by atoms with E-state index in [0.717, 1.165) is 24.2 Å². The number of aryl methyl sites for hydroxylation is 2. The van der Waals surface area contributed by atoms with Gasteiger partial charge in [0.1, 0.15) is 5.75 Å². The number of nitrogens with zero attached hydrogens (tertiary/aromatic N) is 2. The number of ether oxygens (including phenoxy) is 1. The maximum absolute atomic E-state index is 12.5. The molecule has 0 spiro atoms. The zero-order chi connectivity index (χ0) is 22.2. The maximum Gasteiger partial charge on any atom is 0.321 e. The highest BCUT2D eigenvalue weighted by molar-refractivity contribution is 6.31. The zero-order valence-corrected chi connectivity index (χ0v) is 19.0. The summed E-state index contributed by atoms with van der Waals surface area (Å²) in [5.74, 6) is 1.01. The van der Waals surface area contributed by atoms with E-state index in [4.69, 9.17) is 16.3 Å². The summed E-state index contributed by atoms with van der Waals surface area (Å²) in [5, 5.41) is 3.50. The predicted octanol–water partition coefficient (Wildman–Crippen LogP) is 4.88. The van der Waals surface area contributed by atoms with Crippen LogP contribution in [0.3, 0.4) is 0 Å². The van der Waals surface area contributed by atoms with Crippen LogP contribution < -0.4 is 10.1 Å². The molecule has 6 nitrogen and oxygen atoms in total. The minimum absolute atomic E-state index is 0.140. The van der Waals surface area contributed by atoms with E-state index in [2.05, 4.69) is 5.32 Å². The van der Waals surface area contributed by atoms with Crippen molar-refractivity contribution >= 4 is 29.2 Å². The molecule has 1 heterocycles. The first-order valence-corrected chi connectivity index (χ1v) is 11.1. The third-order valence-electron chi connectivity index (χ3n) is 5.39. The van der Waals surface area contributed by atoms with Gasteiger partial charge in [-0.25, -0.2) is 4.79 Å². The third kappa shape index (κ3) is 6.89. The SMILES string of the molecule is Cc1cccc(OCCCCC(=O)N2CCN(C(=O)Nc3ccc(C)c(Cl)c3)CC2)c1. The lowest BCUT2D eigenvalue weighted by molar-refractivity contribution is -0.132. The first kappa shape index (κ1) is 22.9. The number of carbonyl (C=O) groups excluding carboxylic acids is 2. The number of nitrogens with one attached hydrogen (secondary N) is 1. The van der Waals surface area contributed by atoms with E-state index in [1.807, 2.05) is 55.1 Å². The van der Waals surface area contributed by atoms with Gasteiger partial charge in [0, 0.05) is 43.3 Å². The Balaban J connectivity index is 1.33. The second-order valence-electron chi connectivity index (χ2n) is 7.88. The molecule has 2 aromatic rings. The van der Waals surface area contributed by atoms with Crippen molar-refractivity contribution in [3.8, 4) is 5.75 Å². The number of benzene rings is 2. The number of anilines is 1. The first-order chi connectivity index (χ1) is 14.9. The summed E-state index contributed by atoms with van der Waals surface area (Å²) in [4.78, 5) is 28.5. The highest BCUT2D eigenvalue weighted by Gasteiger charge is 2.24. The molecule has 2 aromatic carbocycles. The Bertz CT molecular complexity index is 911. The van der Waals surface area contributed by atoms with Crippen LogP contribution in [0.4, 0.5) is 10.5 Å². The summed E-state index contributed by atoms with van der Waals surface area (Å²) < 4.78 is 5.73. The number of piperazine rings is 1. The lowest BCUT2D eigenvalue weighted by atomic mass is 10.2. The molecule has 0 unspecified atom stereocenters. The van der Waals surface area contributed by atoms with Gasteiger partial charge < -0.3 is 19.9 Å². The molecule has 0 saturated carbocycles. The van der Waals surface area contributed by atoms with E-state index in [0.29, 0.717) is 49.9 Å². The van der Waals surface area contributed by atoms with Crippen molar-refractivity contribution in [1.29, 1.82) is 0 Å². The molecule has 7 heteroatoms. The van der Waals surface area contributed by atoms with E-state index < -0.39 is 0 Å². The van der Waals surface area contributed by atoms with Crippen LogP contribution in [0.5, 0.6) is 5.75 Å². The van der Waals surface area contributed by atoms with Gasteiger partial charge in [-0.3, -0.25) is 4.79 Å². The van der Waals surface area contributed by atoms with Crippen LogP contribution in [-0.2, 0) is 4.79 Å². The van der Waals surface area contributed by atoms with Crippen molar-refractivity contribution in [1.82, 2.24) is 9.80 Å². The molecule has 1 aliphatic heterocycles. The molecule has 0 atom stereocenters. The van der Waals surface area contributed by atoms with E-state index in [-0.39, 0.29) is 11.9 Å². The second-order valence-corrected chi connectivity index (χ2v) is 8.29. The molecule has 0 bridgehead atoms. The molecule has 166 valence electrons. The Hall–Kier alpha value is -2.73. The Kier molecular flexibility index (Phi) is 8.18. The van der Waals surface area contributed by atoms with Gasteiger partial charge in [0.2, 0.25) is 5.91 Å². The number of carbonyl (C=O) groups is 2. The predicted molar refractivity (Wildman–Crippen MR) is 124 cm³/mol.